The second-order valence-electron chi connectivity index (χ2n) is 7.56. The number of nitro benzene ring substituents is 1. The minimum absolute atomic E-state index is 0.0376. The number of aryl methyl sites for hydroxylation is 1. The van der Waals surface area contributed by atoms with E-state index in [-0.39, 0.29) is 11.6 Å². The Morgan fingerprint density at radius 1 is 1.06 bits per heavy atom. The molecule has 2 aromatic carbocycles. The van der Waals surface area contributed by atoms with Crippen LogP contribution in [0.25, 0.3) is 22.6 Å². The quantitative estimate of drug-likeness (QED) is 0.479. The zero-order chi connectivity index (χ0) is 21.8. The minimum atomic E-state index is -0.443. The molecular weight excluding hydrogens is 394 g/mol. The second kappa shape index (κ2) is 9.01. The summed E-state index contributed by atoms with van der Waals surface area (Å²) in [5, 5.41) is 14.2. The number of hydrogen-bond acceptors (Lipinski definition) is 6. The summed E-state index contributed by atoms with van der Waals surface area (Å²) in [5.74, 6) is 0.352. The maximum absolute atomic E-state index is 12.7. The molecule has 1 aromatic heterocycles. The molecule has 0 spiro atoms. The Morgan fingerprint density at radius 3 is 2.48 bits per heavy atom. The third-order valence-corrected chi connectivity index (χ3v) is 5.28. The Morgan fingerprint density at radius 2 is 1.77 bits per heavy atom. The molecule has 1 aliphatic rings. The molecule has 1 amide bonds. The van der Waals surface area contributed by atoms with Crippen molar-refractivity contribution in [2.45, 2.75) is 19.8 Å². The van der Waals surface area contributed by atoms with Gasteiger partial charge in [-0.05, 0) is 32.9 Å². The first-order valence-electron chi connectivity index (χ1n) is 10.2. The number of anilines is 1. The summed E-state index contributed by atoms with van der Waals surface area (Å²) in [6.07, 6.45) is 2.19. The van der Waals surface area contributed by atoms with Gasteiger partial charge in [-0.2, -0.15) is 0 Å². The molecule has 8 heteroatoms. The van der Waals surface area contributed by atoms with Crippen molar-refractivity contribution in [1.29, 1.82) is 0 Å². The first-order valence-corrected chi connectivity index (χ1v) is 10.2. The van der Waals surface area contributed by atoms with Crippen molar-refractivity contribution in [2.24, 2.45) is 0 Å². The van der Waals surface area contributed by atoms with Gasteiger partial charge in [0.2, 0.25) is 5.91 Å². The van der Waals surface area contributed by atoms with E-state index in [4.69, 9.17) is 4.98 Å². The highest BCUT2D eigenvalue weighted by Gasteiger charge is 2.21. The number of benzene rings is 2. The molecule has 0 saturated carbocycles. The van der Waals surface area contributed by atoms with Crippen LogP contribution in [0.4, 0.5) is 11.4 Å². The molecule has 8 nitrogen and oxygen atoms in total. The van der Waals surface area contributed by atoms with E-state index >= 15 is 0 Å². The van der Waals surface area contributed by atoms with Gasteiger partial charge in [-0.15, -0.1) is 0 Å². The van der Waals surface area contributed by atoms with Crippen LogP contribution in [0, 0.1) is 17.0 Å². The minimum Gasteiger partial charge on any atom is -0.322 e. The molecular formula is C23H23N5O3. The number of carbonyl (C=O) groups is 1. The Hall–Kier alpha value is -3.65. The molecule has 0 radical (unpaired) electrons. The molecule has 31 heavy (non-hydrogen) atoms. The highest BCUT2D eigenvalue weighted by atomic mass is 16.6. The Balaban J connectivity index is 1.76. The van der Waals surface area contributed by atoms with Crippen molar-refractivity contribution >= 4 is 17.3 Å². The number of rotatable bonds is 6. The van der Waals surface area contributed by atoms with Gasteiger partial charge in [0.1, 0.15) is 0 Å². The van der Waals surface area contributed by atoms with Gasteiger partial charge in [0.25, 0.3) is 5.69 Å². The smallest absolute Gasteiger partial charge is 0.270 e. The third-order valence-electron chi connectivity index (χ3n) is 5.28. The van der Waals surface area contributed by atoms with Crippen LogP contribution in [0.1, 0.15) is 18.5 Å². The Labute approximate surface area is 180 Å². The number of non-ortho nitro benzene ring substituents is 1. The van der Waals surface area contributed by atoms with Gasteiger partial charge < -0.3 is 5.32 Å². The largest absolute Gasteiger partial charge is 0.322 e. The molecule has 158 valence electrons. The Bertz CT molecular complexity index is 1110. The molecule has 0 unspecified atom stereocenters. The topological polar surface area (TPSA) is 101 Å². The van der Waals surface area contributed by atoms with Crippen molar-refractivity contribution in [3.63, 3.8) is 0 Å². The summed E-state index contributed by atoms with van der Waals surface area (Å²) in [6, 6.07) is 15.8. The lowest BCUT2D eigenvalue weighted by atomic mass is 10.1. The molecule has 0 atom stereocenters. The number of nitrogens with zero attached hydrogens (tertiary/aromatic N) is 4. The van der Waals surface area contributed by atoms with E-state index in [2.05, 4.69) is 15.2 Å². The number of hydrogen-bond donors (Lipinski definition) is 1. The normalized spacial score (nSPS) is 13.8. The second-order valence-corrected chi connectivity index (χ2v) is 7.56. The third kappa shape index (κ3) is 4.75. The zero-order valence-electron chi connectivity index (χ0n) is 17.2. The summed E-state index contributed by atoms with van der Waals surface area (Å²) in [4.78, 5) is 35.0. The maximum atomic E-state index is 12.7. The molecule has 1 aliphatic heterocycles. The van der Waals surface area contributed by atoms with Gasteiger partial charge in [-0.3, -0.25) is 19.8 Å². The first-order chi connectivity index (χ1) is 15.0. The van der Waals surface area contributed by atoms with E-state index in [1.165, 1.54) is 12.1 Å². The van der Waals surface area contributed by atoms with Crippen LogP contribution in [-0.4, -0.2) is 45.3 Å². The van der Waals surface area contributed by atoms with Crippen LogP contribution in [-0.2, 0) is 4.79 Å². The van der Waals surface area contributed by atoms with E-state index in [9.17, 15) is 14.9 Å². The van der Waals surface area contributed by atoms with E-state index in [0.717, 1.165) is 31.5 Å². The molecule has 1 saturated heterocycles. The first kappa shape index (κ1) is 20.6. The van der Waals surface area contributed by atoms with E-state index in [1.54, 1.807) is 19.1 Å². The van der Waals surface area contributed by atoms with Gasteiger partial charge in [0.15, 0.2) is 5.82 Å². The average Bonchev–Trinajstić information content (AvgIpc) is 3.28. The summed E-state index contributed by atoms with van der Waals surface area (Å²) >= 11 is 0. The van der Waals surface area contributed by atoms with E-state index < -0.39 is 4.92 Å². The van der Waals surface area contributed by atoms with Crippen molar-refractivity contribution < 1.29 is 9.72 Å². The van der Waals surface area contributed by atoms with Crippen LogP contribution in [0.15, 0.2) is 54.6 Å². The van der Waals surface area contributed by atoms with E-state index in [1.807, 2.05) is 30.3 Å². The highest BCUT2D eigenvalue weighted by Crippen LogP contribution is 2.32. The van der Waals surface area contributed by atoms with Crippen LogP contribution in [0.3, 0.4) is 0 Å². The van der Waals surface area contributed by atoms with Crippen molar-refractivity contribution in [3.8, 4) is 22.6 Å². The van der Waals surface area contributed by atoms with Crippen LogP contribution >= 0.6 is 0 Å². The molecule has 2 heterocycles. The molecule has 3 aromatic rings. The average molecular weight is 417 g/mol. The SMILES string of the molecule is Cc1nc(-c2ccccc2)nc(-c2cccc([N+](=O)[O-])c2)c1NC(=O)CN1CCCC1. The van der Waals surface area contributed by atoms with Crippen LogP contribution < -0.4 is 5.32 Å². The van der Waals surface area contributed by atoms with Crippen molar-refractivity contribution in [1.82, 2.24) is 14.9 Å². The standard InChI is InChI=1S/C23H23N5O3/c1-16-21(25-20(29)15-27-12-5-6-13-27)22(18-10-7-11-19(14-18)28(30)31)26-23(24-16)17-8-3-2-4-9-17/h2-4,7-11,14H,5-6,12-13,15H2,1H3,(H,25,29). The maximum Gasteiger partial charge on any atom is 0.270 e. The molecule has 4 rings (SSSR count). The lowest BCUT2D eigenvalue weighted by molar-refractivity contribution is -0.384. The number of nitrogens with one attached hydrogen (secondary N) is 1. The number of carbonyl (C=O) groups excluding carboxylic acids is 1. The predicted molar refractivity (Wildman–Crippen MR) is 119 cm³/mol. The van der Waals surface area contributed by atoms with Gasteiger partial charge in [-0.25, -0.2) is 9.97 Å². The van der Waals surface area contributed by atoms with Gasteiger partial charge in [-0.1, -0.05) is 42.5 Å². The molecule has 1 fully saturated rings. The predicted octanol–water partition coefficient (Wildman–Crippen LogP) is 4.06. The van der Waals surface area contributed by atoms with Gasteiger partial charge in [0, 0.05) is 23.3 Å². The zero-order valence-corrected chi connectivity index (χ0v) is 17.2. The molecule has 0 bridgehead atoms. The molecule has 1 N–H and O–H groups in total. The Kier molecular flexibility index (Phi) is 5.99. The molecule has 0 aliphatic carbocycles. The number of amides is 1. The number of aromatic nitrogens is 2. The summed E-state index contributed by atoms with van der Waals surface area (Å²) < 4.78 is 0. The lowest BCUT2D eigenvalue weighted by Gasteiger charge is -2.17. The van der Waals surface area contributed by atoms with Gasteiger partial charge >= 0.3 is 0 Å². The fraction of sp³-hybridized carbons (Fsp3) is 0.261. The monoisotopic (exact) mass is 417 g/mol. The number of nitro groups is 1. The summed E-state index contributed by atoms with van der Waals surface area (Å²) in [7, 11) is 0. The van der Waals surface area contributed by atoms with E-state index in [0.29, 0.717) is 35.0 Å². The van der Waals surface area contributed by atoms with Crippen LogP contribution in [0.5, 0.6) is 0 Å². The van der Waals surface area contributed by atoms with Crippen molar-refractivity contribution in [3.05, 3.63) is 70.4 Å². The van der Waals surface area contributed by atoms with Gasteiger partial charge in [0.05, 0.1) is 28.5 Å². The van der Waals surface area contributed by atoms with Crippen LogP contribution in [0.2, 0.25) is 0 Å². The fourth-order valence-electron chi connectivity index (χ4n) is 3.74. The summed E-state index contributed by atoms with van der Waals surface area (Å²) in [6.45, 7) is 3.93. The van der Waals surface area contributed by atoms with Crippen molar-refractivity contribution in [2.75, 3.05) is 25.0 Å². The number of likely N-dealkylation sites (tertiary alicyclic amines) is 1. The fourth-order valence-corrected chi connectivity index (χ4v) is 3.74. The highest BCUT2D eigenvalue weighted by molar-refractivity contribution is 5.97. The summed E-state index contributed by atoms with van der Waals surface area (Å²) in [5.41, 5.74) is 2.88. The lowest BCUT2D eigenvalue weighted by Crippen LogP contribution is -2.31.